The number of aromatic nitrogens is 2. The van der Waals surface area contributed by atoms with E-state index in [0.29, 0.717) is 23.0 Å². The molecular formula is C13H17N5O2. The van der Waals surface area contributed by atoms with Gasteiger partial charge >= 0.3 is 0 Å². The maximum atomic E-state index is 5.99. The lowest BCUT2D eigenvalue weighted by molar-refractivity contribution is 0.374. The minimum Gasteiger partial charge on any atom is -0.493 e. The molecule has 0 aliphatic rings. The molecular weight excluding hydrogens is 258 g/mol. The number of nitrogens with zero attached hydrogens (tertiary/aromatic N) is 3. The molecule has 0 bridgehead atoms. The van der Waals surface area contributed by atoms with Crippen LogP contribution in [0.1, 0.15) is 0 Å². The highest BCUT2D eigenvalue weighted by atomic mass is 16.5. The number of para-hydroxylation sites is 2. The molecule has 0 saturated heterocycles. The number of nitrogens with one attached hydrogen (secondary N) is 1. The highest BCUT2D eigenvalue weighted by Crippen LogP contribution is 2.34. The molecule has 3 N–H and O–H groups in total. The topological polar surface area (TPSA) is 85.5 Å². The number of ether oxygens (including phenoxy) is 2. The minimum atomic E-state index is 0.272. The highest BCUT2D eigenvalue weighted by Gasteiger charge is 2.12. The van der Waals surface area contributed by atoms with E-state index in [1.807, 2.05) is 26.2 Å². The largest absolute Gasteiger partial charge is 0.493 e. The number of anilines is 2. The summed E-state index contributed by atoms with van der Waals surface area (Å²) in [6.45, 7) is 0. The van der Waals surface area contributed by atoms with Crippen molar-refractivity contribution in [3.63, 3.8) is 0 Å². The molecule has 0 spiro atoms. The Morgan fingerprint density at radius 1 is 1.15 bits per heavy atom. The van der Waals surface area contributed by atoms with Crippen molar-refractivity contribution in [1.82, 2.24) is 15.0 Å². The van der Waals surface area contributed by atoms with Gasteiger partial charge in [-0.25, -0.2) is 9.99 Å². The molecule has 0 atom stereocenters. The molecule has 7 heteroatoms. The second-order valence-electron chi connectivity index (χ2n) is 4.20. The van der Waals surface area contributed by atoms with Gasteiger partial charge in [-0.05, 0) is 12.1 Å². The Morgan fingerprint density at radius 2 is 1.85 bits per heavy atom. The zero-order chi connectivity index (χ0) is 14.5. The fourth-order valence-corrected chi connectivity index (χ4v) is 1.57. The van der Waals surface area contributed by atoms with Gasteiger partial charge in [0.2, 0.25) is 5.88 Å². The first kappa shape index (κ1) is 13.9. The smallest absolute Gasteiger partial charge is 0.248 e. The summed E-state index contributed by atoms with van der Waals surface area (Å²) in [5, 5.41) is 1.73. The number of nitrogen functional groups attached to an aromatic ring is 1. The maximum Gasteiger partial charge on any atom is 0.248 e. The molecule has 2 rings (SSSR count). The van der Waals surface area contributed by atoms with Crippen LogP contribution in [-0.4, -0.2) is 36.2 Å². The van der Waals surface area contributed by atoms with E-state index in [1.54, 1.807) is 24.3 Å². The number of hydrazine groups is 1. The Hall–Kier alpha value is -2.54. The van der Waals surface area contributed by atoms with Crippen molar-refractivity contribution in [2.45, 2.75) is 0 Å². The van der Waals surface area contributed by atoms with Crippen molar-refractivity contribution in [1.29, 1.82) is 0 Å². The predicted molar refractivity (Wildman–Crippen MR) is 76.8 cm³/mol. The van der Waals surface area contributed by atoms with Gasteiger partial charge in [-0.3, -0.25) is 0 Å². The minimum absolute atomic E-state index is 0.272. The third-order valence-electron chi connectivity index (χ3n) is 2.45. The van der Waals surface area contributed by atoms with E-state index in [0.717, 1.165) is 0 Å². The molecule has 1 aromatic carbocycles. The van der Waals surface area contributed by atoms with Gasteiger partial charge in [-0.1, -0.05) is 12.1 Å². The highest BCUT2D eigenvalue weighted by molar-refractivity contribution is 5.66. The quantitative estimate of drug-likeness (QED) is 0.804. The first-order valence-electron chi connectivity index (χ1n) is 5.97. The Bertz CT molecular complexity index is 589. The van der Waals surface area contributed by atoms with E-state index in [1.165, 1.54) is 6.33 Å². The summed E-state index contributed by atoms with van der Waals surface area (Å²) in [6.07, 6.45) is 1.38. The number of rotatable bonds is 5. The van der Waals surface area contributed by atoms with Crippen molar-refractivity contribution >= 4 is 11.5 Å². The van der Waals surface area contributed by atoms with E-state index in [-0.39, 0.29) is 5.88 Å². The van der Waals surface area contributed by atoms with Gasteiger partial charge < -0.3 is 20.6 Å². The summed E-state index contributed by atoms with van der Waals surface area (Å²) >= 11 is 0. The number of nitrogens with two attached hydrogens (primary N) is 1. The van der Waals surface area contributed by atoms with Crippen LogP contribution in [0.25, 0.3) is 0 Å². The zero-order valence-corrected chi connectivity index (χ0v) is 11.6. The summed E-state index contributed by atoms with van der Waals surface area (Å²) in [4.78, 5) is 8.11. The average Bonchev–Trinajstić information content (AvgIpc) is 2.43. The number of methoxy groups -OCH3 is 1. The van der Waals surface area contributed by atoms with Crippen molar-refractivity contribution in [3.05, 3.63) is 30.6 Å². The molecule has 7 nitrogen and oxygen atoms in total. The maximum absolute atomic E-state index is 5.99. The summed E-state index contributed by atoms with van der Waals surface area (Å²) in [7, 11) is 5.25. The lowest BCUT2D eigenvalue weighted by atomic mass is 10.3. The first-order chi connectivity index (χ1) is 9.61. The lowest BCUT2D eigenvalue weighted by Gasteiger charge is -2.16. The first-order valence-corrected chi connectivity index (χ1v) is 5.97. The van der Waals surface area contributed by atoms with Crippen LogP contribution in [0.2, 0.25) is 0 Å². The molecule has 0 fully saturated rings. The van der Waals surface area contributed by atoms with Gasteiger partial charge in [0.05, 0.1) is 7.11 Å². The van der Waals surface area contributed by atoms with Gasteiger partial charge in [0.15, 0.2) is 17.3 Å². The summed E-state index contributed by atoms with van der Waals surface area (Å²) in [6, 6.07) is 7.27. The fourth-order valence-electron chi connectivity index (χ4n) is 1.57. The van der Waals surface area contributed by atoms with Crippen molar-refractivity contribution in [2.75, 3.05) is 32.4 Å². The molecule has 0 aliphatic heterocycles. The molecule has 106 valence electrons. The Morgan fingerprint density at radius 3 is 2.50 bits per heavy atom. The van der Waals surface area contributed by atoms with E-state index in [4.69, 9.17) is 15.2 Å². The summed E-state index contributed by atoms with van der Waals surface area (Å²) < 4.78 is 10.9. The van der Waals surface area contributed by atoms with Crippen molar-refractivity contribution < 1.29 is 9.47 Å². The number of benzene rings is 1. The third kappa shape index (κ3) is 3.07. The van der Waals surface area contributed by atoms with Crippen LogP contribution < -0.4 is 20.6 Å². The van der Waals surface area contributed by atoms with Gasteiger partial charge in [0, 0.05) is 14.1 Å². The van der Waals surface area contributed by atoms with E-state index < -0.39 is 0 Å². The normalized spacial score (nSPS) is 10.4. The molecule has 2 aromatic rings. The predicted octanol–water partition coefficient (Wildman–Crippen LogP) is 1.75. The summed E-state index contributed by atoms with van der Waals surface area (Å²) in [5.41, 5.74) is 9.29. The SMILES string of the molecule is COc1ccccc1Oc1ncnc(NN(C)C)c1N. The Balaban J connectivity index is 2.29. The van der Waals surface area contributed by atoms with Gasteiger partial charge in [-0.2, -0.15) is 4.98 Å². The monoisotopic (exact) mass is 275 g/mol. The Kier molecular flexibility index (Phi) is 4.21. The number of hydrogen-bond donors (Lipinski definition) is 2. The van der Waals surface area contributed by atoms with Crippen molar-refractivity contribution in [2.24, 2.45) is 0 Å². The fraction of sp³-hybridized carbons (Fsp3) is 0.231. The van der Waals surface area contributed by atoms with Crippen LogP contribution in [0, 0.1) is 0 Å². The van der Waals surface area contributed by atoms with Crippen LogP contribution in [0.5, 0.6) is 17.4 Å². The molecule has 0 unspecified atom stereocenters. The molecule has 20 heavy (non-hydrogen) atoms. The second kappa shape index (κ2) is 6.07. The van der Waals surface area contributed by atoms with E-state index in [9.17, 15) is 0 Å². The Labute approximate surface area is 117 Å². The average molecular weight is 275 g/mol. The third-order valence-corrected chi connectivity index (χ3v) is 2.45. The van der Waals surface area contributed by atoms with Gasteiger partial charge in [-0.15, -0.1) is 0 Å². The van der Waals surface area contributed by atoms with Crippen LogP contribution in [-0.2, 0) is 0 Å². The van der Waals surface area contributed by atoms with Gasteiger partial charge in [0.25, 0.3) is 0 Å². The number of hydrogen-bond acceptors (Lipinski definition) is 7. The standard InChI is InChI=1S/C13H17N5O2/c1-18(2)17-12-11(14)13(16-8-15-12)20-10-7-5-4-6-9(10)19-3/h4-8H,14H2,1-3H3,(H,15,16,17). The zero-order valence-electron chi connectivity index (χ0n) is 11.6. The van der Waals surface area contributed by atoms with Crippen LogP contribution in [0.4, 0.5) is 11.5 Å². The van der Waals surface area contributed by atoms with Crippen LogP contribution in [0.15, 0.2) is 30.6 Å². The van der Waals surface area contributed by atoms with Crippen LogP contribution >= 0.6 is 0 Å². The van der Waals surface area contributed by atoms with Crippen LogP contribution in [0.3, 0.4) is 0 Å². The molecule has 0 radical (unpaired) electrons. The van der Waals surface area contributed by atoms with Gasteiger partial charge in [0.1, 0.15) is 12.0 Å². The van der Waals surface area contributed by atoms with Crippen molar-refractivity contribution in [3.8, 4) is 17.4 Å². The summed E-state index contributed by atoms with van der Waals surface area (Å²) in [5.74, 6) is 1.90. The molecule has 1 aromatic heterocycles. The second-order valence-corrected chi connectivity index (χ2v) is 4.20. The molecule has 0 aliphatic carbocycles. The van der Waals surface area contributed by atoms with E-state index >= 15 is 0 Å². The lowest BCUT2D eigenvalue weighted by Crippen LogP contribution is -2.21. The van der Waals surface area contributed by atoms with E-state index in [2.05, 4.69) is 15.4 Å². The molecule has 0 saturated carbocycles. The molecule has 1 heterocycles. The molecule has 0 amide bonds.